The first-order valence-corrected chi connectivity index (χ1v) is 20.0. The predicted octanol–water partition coefficient (Wildman–Crippen LogP) is 6.19. The summed E-state index contributed by atoms with van der Waals surface area (Å²) in [4.78, 5) is 0. The molecule has 0 amide bonds. The fourth-order valence-corrected chi connectivity index (χ4v) is 52.9. The van der Waals surface area contributed by atoms with E-state index < -0.39 is 15.5 Å². The molecule has 0 atom stereocenters. The second-order valence-electron chi connectivity index (χ2n) is 7.64. The lowest BCUT2D eigenvalue weighted by Crippen LogP contribution is -2.34. The lowest BCUT2D eigenvalue weighted by atomic mass is 10.4. The zero-order valence-electron chi connectivity index (χ0n) is 14.7. The molecule has 0 fully saturated rings. The third-order valence-electron chi connectivity index (χ3n) is 3.47. The zero-order chi connectivity index (χ0) is 16.4. The molecule has 0 aliphatic heterocycles. The fourth-order valence-electron chi connectivity index (χ4n) is 3.12. The largest absolute Gasteiger partial charge is 0.0962 e. The van der Waals surface area contributed by atoms with Gasteiger partial charge in [0.05, 0.1) is 15.5 Å². The number of benzene rings is 2. The number of hydrogen-bond donors (Lipinski definition) is 0. The second kappa shape index (κ2) is 7.10. The van der Waals surface area contributed by atoms with Gasteiger partial charge in [0.15, 0.2) is 0 Å². The van der Waals surface area contributed by atoms with E-state index in [0.29, 0.717) is 0 Å². The van der Waals surface area contributed by atoms with E-state index in [4.69, 9.17) is 0 Å². The van der Waals surface area contributed by atoms with E-state index in [1.165, 1.54) is 0 Å². The molecule has 0 aliphatic carbocycles. The van der Waals surface area contributed by atoms with Crippen LogP contribution in [-0.2, 0) is 0 Å². The van der Waals surface area contributed by atoms with Gasteiger partial charge in [-0.3, -0.25) is 0 Å². The Kier molecular flexibility index (Phi) is 5.83. The smallest absolute Gasteiger partial charge is 0.0735 e. The number of hydrogen-bond acceptors (Lipinski definition) is 0. The van der Waals surface area contributed by atoms with Crippen LogP contribution in [-0.4, -0.2) is 15.5 Å². The maximum absolute atomic E-state index is 2.60. The minimum absolute atomic E-state index is 0.0838. The molecular weight excluding hydrogens is 334 g/mol. The van der Waals surface area contributed by atoms with Crippen LogP contribution in [0.5, 0.6) is 0 Å². The van der Waals surface area contributed by atoms with Crippen molar-refractivity contribution in [3.05, 3.63) is 60.7 Å². The summed E-state index contributed by atoms with van der Waals surface area (Å²) in [6.45, 7) is 15.7. The van der Waals surface area contributed by atoms with E-state index in [-0.39, 0.29) is 14.3 Å². The Morgan fingerprint density at radius 2 is 0.864 bits per heavy atom. The van der Waals surface area contributed by atoms with Crippen molar-refractivity contribution in [1.82, 2.24) is 0 Å². The Morgan fingerprint density at radius 3 is 1.14 bits per heavy atom. The normalized spacial score (nSPS) is 12.9. The topological polar surface area (TPSA) is 0 Å². The van der Waals surface area contributed by atoms with Gasteiger partial charge in [-0.15, -0.1) is 0 Å². The van der Waals surface area contributed by atoms with Crippen LogP contribution in [0.15, 0.2) is 60.7 Å². The highest BCUT2D eigenvalue weighted by Gasteiger charge is 2.43. The van der Waals surface area contributed by atoms with Crippen molar-refractivity contribution in [2.45, 2.75) is 39.3 Å². The number of rotatable bonds is 5. The van der Waals surface area contributed by atoms with E-state index >= 15 is 0 Å². The Morgan fingerprint density at radius 1 is 0.545 bits per heavy atom. The average molecular weight is 363 g/mol. The highest BCUT2D eigenvalue weighted by Crippen LogP contribution is 2.76. The van der Waals surface area contributed by atoms with Crippen LogP contribution in [0.4, 0.5) is 0 Å². The van der Waals surface area contributed by atoms with Gasteiger partial charge in [-0.05, 0) is 18.2 Å². The summed E-state index contributed by atoms with van der Waals surface area (Å²) < 4.78 is 0. The SMILES string of the molecule is C[Si](C)(C)P(P(c1ccccc1)c1ccccc1)[Si](C)(C)C. The van der Waals surface area contributed by atoms with Crippen molar-refractivity contribution in [3.63, 3.8) is 0 Å². The van der Waals surface area contributed by atoms with Gasteiger partial charge in [-0.2, -0.15) is 0 Å². The van der Waals surface area contributed by atoms with Crippen LogP contribution in [0, 0.1) is 0 Å². The molecule has 0 nitrogen and oxygen atoms in total. The van der Waals surface area contributed by atoms with E-state index in [1.807, 2.05) is 0 Å². The molecule has 0 aliphatic rings. The first-order chi connectivity index (χ1) is 10.2. The van der Waals surface area contributed by atoms with Crippen LogP contribution < -0.4 is 10.6 Å². The third-order valence-corrected chi connectivity index (χ3v) is 44.7. The molecule has 2 aromatic carbocycles. The summed E-state index contributed by atoms with van der Waals surface area (Å²) in [5.74, 6) is 0. The standard InChI is InChI=1S/C18H28P2Si2/c1-21(2,3)20(22(4,5)6)19(17-13-9-7-10-14-17)18-15-11-8-12-16-18/h7-16H,1-6H3. The Hall–Kier alpha value is -0.266. The maximum Gasteiger partial charge on any atom is 0.0735 e. The van der Waals surface area contributed by atoms with E-state index in [0.717, 1.165) is 0 Å². The summed E-state index contributed by atoms with van der Waals surface area (Å²) in [5, 5.41) is 3.17. The van der Waals surface area contributed by atoms with Gasteiger partial charge in [0.2, 0.25) is 0 Å². The van der Waals surface area contributed by atoms with Gasteiger partial charge in [-0.1, -0.05) is 107 Å². The quantitative estimate of drug-likeness (QED) is 0.440. The van der Waals surface area contributed by atoms with Crippen LogP contribution >= 0.6 is 14.3 Å². The molecule has 0 unspecified atom stereocenters. The monoisotopic (exact) mass is 362 g/mol. The van der Waals surface area contributed by atoms with E-state index in [1.54, 1.807) is 10.6 Å². The second-order valence-corrected chi connectivity index (χ2v) is 35.3. The molecule has 22 heavy (non-hydrogen) atoms. The molecule has 0 spiro atoms. The maximum atomic E-state index is 2.60. The molecule has 2 aromatic rings. The van der Waals surface area contributed by atoms with Gasteiger partial charge in [-0.25, -0.2) is 0 Å². The molecule has 0 N–H and O–H groups in total. The molecule has 0 heterocycles. The van der Waals surface area contributed by atoms with Crippen molar-refractivity contribution in [2.24, 2.45) is 0 Å². The van der Waals surface area contributed by atoms with Gasteiger partial charge in [0, 0.05) is 0 Å². The zero-order valence-corrected chi connectivity index (χ0v) is 18.5. The molecule has 2 rings (SSSR count). The lowest BCUT2D eigenvalue weighted by molar-refractivity contribution is 1.76. The summed E-state index contributed by atoms with van der Waals surface area (Å²) >= 11 is 0. The van der Waals surface area contributed by atoms with E-state index in [9.17, 15) is 0 Å². The molecule has 0 aromatic heterocycles. The molecule has 118 valence electrons. The third kappa shape index (κ3) is 4.39. The summed E-state index contributed by atoms with van der Waals surface area (Å²) in [5.41, 5.74) is 0. The van der Waals surface area contributed by atoms with Crippen molar-refractivity contribution < 1.29 is 0 Å². The Balaban J connectivity index is 2.62. The Bertz CT molecular complexity index is 532. The summed E-state index contributed by atoms with van der Waals surface area (Å²) in [6, 6.07) is 22.6. The summed E-state index contributed by atoms with van der Waals surface area (Å²) in [7, 11) is -2.59. The lowest BCUT2D eigenvalue weighted by Gasteiger charge is -2.45. The predicted molar refractivity (Wildman–Crippen MR) is 113 cm³/mol. The minimum atomic E-state index is -1.20. The molecule has 0 saturated carbocycles. The van der Waals surface area contributed by atoms with Crippen LogP contribution in [0.3, 0.4) is 0 Å². The first-order valence-electron chi connectivity index (χ1n) is 7.92. The first kappa shape index (κ1) is 18.1. The molecule has 4 heteroatoms. The average Bonchev–Trinajstić information content (AvgIpc) is 2.44. The van der Waals surface area contributed by atoms with Gasteiger partial charge < -0.3 is 0 Å². The molecule has 0 radical (unpaired) electrons. The highest BCUT2D eigenvalue weighted by molar-refractivity contribution is 8.60. The van der Waals surface area contributed by atoms with Gasteiger partial charge in [0.25, 0.3) is 0 Å². The van der Waals surface area contributed by atoms with Crippen molar-refractivity contribution in [2.75, 3.05) is 0 Å². The van der Waals surface area contributed by atoms with Crippen LogP contribution in [0.25, 0.3) is 0 Å². The van der Waals surface area contributed by atoms with Gasteiger partial charge >= 0.3 is 0 Å². The van der Waals surface area contributed by atoms with Crippen molar-refractivity contribution in [3.8, 4) is 0 Å². The molecule has 0 bridgehead atoms. The minimum Gasteiger partial charge on any atom is -0.0962 e. The summed E-state index contributed by atoms with van der Waals surface area (Å²) in [6.07, 6.45) is 0. The highest BCUT2D eigenvalue weighted by atomic mass is 32.3. The van der Waals surface area contributed by atoms with Crippen molar-refractivity contribution in [1.29, 1.82) is 0 Å². The van der Waals surface area contributed by atoms with E-state index in [2.05, 4.69) is 99.9 Å². The molecular formula is C18H28P2Si2. The fraction of sp³-hybridized carbons (Fsp3) is 0.333. The van der Waals surface area contributed by atoms with Crippen LogP contribution in [0.1, 0.15) is 0 Å². The van der Waals surface area contributed by atoms with Crippen molar-refractivity contribution >= 4 is 40.4 Å². The Labute approximate surface area is 140 Å². The molecule has 0 saturated heterocycles. The van der Waals surface area contributed by atoms with Gasteiger partial charge in [0.1, 0.15) is 0 Å². The van der Waals surface area contributed by atoms with Crippen LogP contribution in [0.2, 0.25) is 39.3 Å².